The largest absolute Gasteiger partial charge is 0.385 e. The molecule has 23 heavy (non-hydrogen) atoms. The van der Waals surface area contributed by atoms with Crippen LogP contribution in [-0.4, -0.2) is 54.3 Å². The predicted octanol–water partition coefficient (Wildman–Crippen LogP) is 0.0869. The Labute approximate surface area is 159 Å². The van der Waals surface area contributed by atoms with Gasteiger partial charge in [-0.25, -0.2) is 22.0 Å². The molecule has 0 saturated heterocycles. The summed E-state index contributed by atoms with van der Waals surface area (Å²) >= 11 is -0.256. The van der Waals surface area contributed by atoms with Gasteiger partial charge in [0.25, 0.3) is 10.0 Å². The first-order valence-electron chi connectivity index (χ1n) is 12.2. The van der Waals surface area contributed by atoms with Crippen molar-refractivity contribution in [3.8, 4) is 0 Å². The van der Waals surface area contributed by atoms with Gasteiger partial charge in [-0.3, -0.25) is 0 Å². The minimum Gasteiger partial charge on any atom is -0.385 e. The Morgan fingerprint density at radius 2 is 2.52 bits per heavy atom. The quantitative estimate of drug-likeness (QED) is 0.674. The predicted molar refractivity (Wildman–Crippen MR) is 87.4 cm³/mol. The highest BCUT2D eigenvalue weighted by molar-refractivity contribution is 7.94. The number of primary sulfonamides is 1. The third-order valence-corrected chi connectivity index (χ3v) is 6.94. The highest BCUT2D eigenvalue weighted by atomic mass is 32.3. The van der Waals surface area contributed by atoms with Gasteiger partial charge >= 0.3 is 0 Å². The molecule has 0 aromatic carbocycles. The summed E-state index contributed by atoms with van der Waals surface area (Å²) in [6.07, 6.45) is -1.49. The number of nitrogens with two attached hydrogens (primary N) is 1. The minimum absolute atomic E-state index is 0.256. The molecule has 1 aliphatic heterocycles. The van der Waals surface area contributed by atoms with E-state index >= 15 is 0 Å². The lowest BCUT2D eigenvalue weighted by atomic mass is 10.1. The van der Waals surface area contributed by atoms with E-state index in [2.05, 4.69) is 4.74 Å². The lowest BCUT2D eigenvalue weighted by Crippen LogP contribution is -2.43. The van der Waals surface area contributed by atoms with Crippen molar-refractivity contribution in [1.29, 1.82) is 0 Å². The topological polar surface area (TPSA) is 119 Å². The van der Waals surface area contributed by atoms with Gasteiger partial charge in [-0.2, -0.15) is 4.31 Å². The smallest absolute Gasteiger partial charge is 0.252 e. The van der Waals surface area contributed by atoms with E-state index in [0.717, 1.165) is 7.11 Å². The summed E-state index contributed by atoms with van der Waals surface area (Å²) in [6, 6.07) is -5.02. The molecule has 0 radical (unpaired) electrons. The third kappa shape index (κ3) is 3.92. The van der Waals surface area contributed by atoms with Gasteiger partial charge in [-0.1, -0.05) is 6.85 Å². The number of sulfonamides is 2. The maximum atomic E-state index is 13.4. The molecule has 8 nitrogen and oxygen atoms in total. The third-order valence-electron chi connectivity index (χ3n) is 2.44. The van der Waals surface area contributed by atoms with Crippen molar-refractivity contribution < 1.29 is 39.4 Å². The van der Waals surface area contributed by atoms with Crippen molar-refractivity contribution in [2.75, 3.05) is 33.2 Å². The van der Waals surface area contributed by atoms with Crippen LogP contribution in [0, 0.1) is 0 Å². The lowest BCUT2D eigenvalue weighted by Gasteiger charge is -2.32. The number of hydrogen-bond donors (Lipinski definition) is 2. The molecule has 0 saturated carbocycles. The number of ether oxygens (including phenoxy) is 1. The molecule has 1 aromatic heterocycles. The summed E-state index contributed by atoms with van der Waals surface area (Å²) in [5.41, 5.74) is -1.32. The fourth-order valence-electron chi connectivity index (χ4n) is 1.54. The van der Waals surface area contributed by atoms with Crippen LogP contribution in [0.15, 0.2) is 14.5 Å². The summed E-state index contributed by atoms with van der Waals surface area (Å²) in [5.74, 6) is 0. The van der Waals surface area contributed by atoms with E-state index < -0.39 is 89.7 Å². The number of likely N-dealkylation sites (N-methyl/N-ethyl adjacent to an activating group) is 1. The average molecular weight is 397 g/mol. The molecule has 1 aromatic rings. The minimum atomic E-state index is -5.54. The molecule has 0 aliphatic carbocycles. The number of methoxy groups -OCH3 is 1. The summed E-state index contributed by atoms with van der Waals surface area (Å²) in [6.45, 7) is -17.8. The maximum Gasteiger partial charge on any atom is 0.252 e. The monoisotopic (exact) mass is 396 g/mol. The highest BCUT2D eigenvalue weighted by Crippen LogP contribution is 2.39. The van der Waals surface area contributed by atoms with Crippen molar-refractivity contribution >= 4 is 31.4 Å². The Hall–Kier alpha value is -0.560. The average Bonchev–Trinajstić information content (AvgIpc) is 2.96. The van der Waals surface area contributed by atoms with Gasteiger partial charge in [0.05, 0.1) is 5.48 Å². The van der Waals surface area contributed by atoms with Crippen LogP contribution in [-0.2, 0) is 24.8 Å². The van der Waals surface area contributed by atoms with Crippen LogP contribution in [0.1, 0.15) is 42.7 Å². The van der Waals surface area contributed by atoms with E-state index in [9.17, 15) is 16.8 Å². The van der Waals surface area contributed by atoms with Crippen LogP contribution in [0.4, 0.5) is 0 Å². The first-order valence-corrected chi connectivity index (χ1v) is 9.47. The molecular weight excluding hydrogens is 362 g/mol. The number of rotatable bonds is 7. The first kappa shape index (κ1) is 7.77. The zero-order valence-corrected chi connectivity index (χ0v) is 13.9. The van der Waals surface area contributed by atoms with Crippen LogP contribution >= 0.6 is 11.3 Å². The lowest BCUT2D eigenvalue weighted by molar-refractivity contribution is 0.185. The van der Waals surface area contributed by atoms with Crippen LogP contribution in [0.5, 0.6) is 0 Å². The second-order valence-electron chi connectivity index (χ2n) is 3.91. The molecular formula is C12H21N3O5S3. The van der Waals surface area contributed by atoms with Crippen LogP contribution in [0.2, 0.25) is 0 Å². The zero-order chi connectivity index (χ0) is 28.7. The standard InChI is InChI=1S/C12H21N3O5S3/c1-3-14-10-8-15(5-4-6-20-2)23(18,19)12-9(10)7-11(21-12)22(13,16)17/h7,10,14H,3-6,8H2,1-2H3,(H2,13,16,17)/t10-/m0/s1/i1D3,3D2,5D2,6D2,7D,8D2,10D. The molecule has 0 bridgehead atoms. The fourth-order valence-corrected chi connectivity index (χ4v) is 5.15. The first-order chi connectivity index (χ1) is 15.6. The maximum absolute atomic E-state index is 13.4. The fraction of sp³-hybridized carbons (Fsp3) is 0.667. The van der Waals surface area contributed by atoms with Gasteiger partial charge in [-0.05, 0) is 19.0 Å². The number of hydrogen-bond acceptors (Lipinski definition) is 7. The number of nitrogens with one attached hydrogen (secondary N) is 1. The molecule has 0 amide bonds. The van der Waals surface area contributed by atoms with E-state index in [1.165, 1.54) is 5.32 Å². The van der Waals surface area contributed by atoms with E-state index in [-0.39, 0.29) is 11.3 Å². The van der Waals surface area contributed by atoms with Gasteiger partial charge in [-0.15, -0.1) is 11.3 Å². The van der Waals surface area contributed by atoms with Crippen molar-refractivity contribution in [1.82, 2.24) is 9.62 Å². The molecule has 11 heteroatoms. The summed E-state index contributed by atoms with van der Waals surface area (Å²) in [5, 5.41) is 6.50. The molecule has 2 rings (SSSR count). The Bertz CT molecular complexity index is 1260. The molecule has 1 aliphatic rings. The van der Waals surface area contributed by atoms with Gasteiger partial charge < -0.3 is 10.1 Å². The number of fused-ring (bicyclic) bond motifs is 1. The summed E-state index contributed by atoms with van der Waals surface area (Å²) < 4.78 is 155. The molecule has 0 fully saturated rings. The molecule has 0 unspecified atom stereocenters. The second-order valence-corrected chi connectivity index (χ2v) is 8.67. The van der Waals surface area contributed by atoms with E-state index in [1.54, 1.807) is 0 Å². The van der Waals surface area contributed by atoms with Gasteiger partial charge in [0, 0.05) is 50.6 Å². The van der Waals surface area contributed by atoms with Gasteiger partial charge in [0.15, 0.2) is 0 Å². The normalized spacial score (nSPS) is 37.4. The van der Waals surface area contributed by atoms with E-state index in [4.69, 9.17) is 23.0 Å². The molecule has 0 spiro atoms. The molecule has 1 atom stereocenters. The molecule has 132 valence electrons. The number of nitrogens with zero attached hydrogens (tertiary/aromatic N) is 1. The molecule has 2 heterocycles. The Kier molecular flexibility index (Phi) is 2.41. The van der Waals surface area contributed by atoms with E-state index in [0.29, 0.717) is 0 Å². The Morgan fingerprint density at radius 3 is 3.13 bits per heavy atom. The van der Waals surface area contributed by atoms with Gasteiger partial charge in [0.2, 0.25) is 10.0 Å². The van der Waals surface area contributed by atoms with Crippen molar-refractivity contribution in [2.24, 2.45) is 5.14 Å². The van der Waals surface area contributed by atoms with Crippen LogP contribution in [0.3, 0.4) is 0 Å². The highest BCUT2D eigenvalue weighted by Gasteiger charge is 2.39. The SMILES string of the molecule is [2H]c1c(S(N)(=O)=O)sc2c1[C@@]([2H])(NC([2H])([2H])C([2H])([2H])[2H])C([2H])([2H])N(C([2H])([2H])CC([2H])([2H])OC)S2(=O)=O. The van der Waals surface area contributed by atoms with Crippen LogP contribution < -0.4 is 10.5 Å². The zero-order valence-electron chi connectivity index (χ0n) is 24.5. The number of thiophene rings is 1. The molecule has 3 N–H and O–H groups in total. The second kappa shape index (κ2) is 7.13. The van der Waals surface area contributed by atoms with Crippen molar-refractivity contribution in [3.63, 3.8) is 0 Å². The van der Waals surface area contributed by atoms with Crippen LogP contribution in [0.25, 0.3) is 0 Å². The Balaban J connectivity index is 3.07. The Morgan fingerprint density at radius 1 is 1.78 bits per heavy atom. The summed E-state index contributed by atoms with van der Waals surface area (Å²) in [7, 11) is -9.62. The summed E-state index contributed by atoms with van der Waals surface area (Å²) in [4.78, 5) is 0. The van der Waals surface area contributed by atoms with Gasteiger partial charge in [0.1, 0.15) is 8.42 Å². The van der Waals surface area contributed by atoms with Crippen molar-refractivity contribution in [3.05, 3.63) is 11.6 Å². The van der Waals surface area contributed by atoms with Crippen molar-refractivity contribution in [2.45, 2.75) is 27.7 Å². The van der Waals surface area contributed by atoms with E-state index in [1.807, 2.05) is 0 Å².